The second kappa shape index (κ2) is 11.6. The third-order valence-electron chi connectivity index (χ3n) is 7.09. The Hall–Kier alpha value is -2.40. The molecule has 210 valence electrons. The van der Waals surface area contributed by atoms with Crippen molar-refractivity contribution in [1.29, 1.82) is 5.26 Å². The topological polar surface area (TPSA) is 148 Å². The summed E-state index contributed by atoms with van der Waals surface area (Å²) in [5, 5.41) is 14.8. The van der Waals surface area contributed by atoms with Gasteiger partial charge in [0.15, 0.2) is 0 Å². The second-order valence-electron chi connectivity index (χ2n) is 11.1. The molecule has 3 amide bonds. The van der Waals surface area contributed by atoms with Crippen LogP contribution < -0.4 is 15.4 Å². The average molecular weight is 552 g/mol. The second-order valence-corrected chi connectivity index (χ2v) is 12.8. The van der Waals surface area contributed by atoms with Crippen LogP contribution in [-0.2, 0) is 24.4 Å². The molecule has 0 saturated carbocycles. The third kappa shape index (κ3) is 7.56. The molecular formula is C23H36F3N5O5S. The van der Waals surface area contributed by atoms with Crippen molar-refractivity contribution >= 4 is 27.7 Å². The molecule has 0 aliphatic carbocycles. The van der Waals surface area contributed by atoms with Crippen LogP contribution in [-0.4, -0.2) is 67.8 Å². The Kier molecular flexibility index (Phi) is 9.62. The number of sulfonamides is 1. The normalized spacial score (nSPS) is 24.8. The van der Waals surface area contributed by atoms with Gasteiger partial charge in [-0.15, -0.1) is 0 Å². The molecule has 2 fully saturated rings. The number of nitrogens with zero attached hydrogens (tertiary/aromatic N) is 2. The smallest absolute Gasteiger partial charge is 0.356 e. The molecule has 0 aromatic carbocycles. The van der Waals surface area contributed by atoms with Crippen molar-refractivity contribution in [3.05, 3.63) is 0 Å². The van der Waals surface area contributed by atoms with Crippen LogP contribution in [0.5, 0.6) is 0 Å². The Bertz CT molecular complexity index is 1020. The standard InChI is InChI=1S/C23H36F3N5O5S/c1-13(2)18(30-37(35,36)23(24,25)26)21(34)31-9-7-15(22(3,4)5)11-17(31)20(33)29-16(12-27)10-14-6-8-28-19(14)32/h13-18,30H,6-11H2,1-5H3,(H,28,32)(H,29,33)/t14-,15-,16?,17+,18?/m0/s1. The highest BCUT2D eigenvalue weighted by Crippen LogP contribution is 2.37. The van der Waals surface area contributed by atoms with Crippen molar-refractivity contribution in [3.63, 3.8) is 0 Å². The van der Waals surface area contributed by atoms with E-state index in [0.717, 1.165) is 4.90 Å². The number of nitrogens with one attached hydrogen (secondary N) is 3. The van der Waals surface area contributed by atoms with Crippen LogP contribution in [0.4, 0.5) is 13.2 Å². The van der Waals surface area contributed by atoms with E-state index in [9.17, 15) is 41.2 Å². The van der Waals surface area contributed by atoms with Crippen LogP contribution in [0, 0.1) is 34.5 Å². The molecule has 5 atom stereocenters. The van der Waals surface area contributed by atoms with Gasteiger partial charge in [-0.25, -0.2) is 8.42 Å². The van der Waals surface area contributed by atoms with Crippen LogP contribution in [0.1, 0.15) is 60.3 Å². The lowest BCUT2D eigenvalue weighted by atomic mass is 9.73. The number of carbonyl (C=O) groups is 3. The van der Waals surface area contributed by atoms with E-state index >= 15 is 0 Å². The summed E-state index contributed by atoms with van der Waals surface area (Å²) < 4.78 is 64.1. The predicted octanol–water partition coefficient (Wildman–Crippen LogP) is 1.64. The Morgan fingerprint density at radius 2 is 1.84 bits per heavy atom. The summed E-state index contributed by atoms with van der Waals surface area (Å²) in [7, 11) is -5.82. The molecule has 10 nitrogen and oxygen atoms in total. The highest BCUT2D eigenvalue weighted by molar-refractivity contribution is 7.90. The van der Waals surface area contributed by atoms with E-state index in [4.69, 9.17) is 0 Å². The lowest BCUT2D eigenvalue weighted by molar-refractivity contribution is -0.146. The van der Waals surface area contributed by atoms with Crippen LogP contribution in [0.15, 0.2) is 0 Å². The lowest BCUT2D eigenvalue weighted by Gasteiger charge is -2.44. The van der Waals surface area contributed by atoms with Gasteiger partial charge >= 0.3 is 15.5 Å². The first-order valence-electron chi connectivity index (χ1n) is 12.3. The molecule has 0 aromatic rings. The van der Waals surface area contributed by atoms with E-state index in [1.165, 1.54) is 18.6 Å². The number of nitriles is 1. The number of hydrogen-bond donors (Lipinski definition) is 3. The van der Waals surface area contributed by atoms with Gasteiger partial charge < -0.3 is 15.5 Å². The average Bonchev–Trinajstić information content (AvgIpc) is 3.18. The van der Waals surface area contributed by atoms with Crippen LogP contribution >= 0.6 is 0 Å². The van der Waals surface area contributed by atoms with Gasteiger partial charge in [0.1, 0.15) is 18.1 Å². The number of hydrogen-bond acceptors (Lipinski definition) is 6. The molecule has 2 saturated heterocycles. The summed E-state index contributed by atoms with van der Waals surface area (Å²) in [6.45, 7) is 9.20. The Labute approximate surface area is 215 Å². The van der Waals surface area contributed by atoms with Crippen molar-refractivity contribution < 1.29 is 36.0 Å². The zero-order chi connectivity index (χ0) is 28.3. The van der Waals surface area contributed by atoms with Crippen LogP contribution in [0.3, 0.4) is 0 Å². The monoisotopic (exact) mass is 551 g/mol. The summed E-state index contributed by atoms with van der Waals surface area (Å²) in [6.07, 6.45) is 1.24. The molecule has 2 heterocycles. The largest absolute Gasteiger partial charge is 0.511 e. The molecule has 2 aliphatic heterocycles. The van der Waals surface area contributed by atoms with E-state index in [0.29, 0.717) is 19.4 Å². The maximum Gasteiger partial charge on any atom is 0.511 e. The van der Waals surface area contributed by atoms with Crippen molar-refractivity contribution in [2.45, 2.75) is 83.9 Å². The molecule has 0 radical (unpaired) electrons. The maximum absolute atomic E-state index is 13.4. The zero-order valence-electron chi connectivity index (χ0n) is 21.7. The highest BCUT2D eigenvalue weighted by Gasteiger charge is 2.50. The first-order valence-corrected chi connectivity index (χ1v) is 13.7. The molecule has 0 bridgehead atoms. The number of piperidine rings is 1. The van der Waals surface area contributed by atoms with Crippen molar-refractivity contribution in [3.8, 4) is 6.07 Å². The minimum Gasteiger partial charge on any atom is -0.356 e. The number of rotatable bonds is 8. The Morgan fingerprint density at radius 1 is 1.22 bits per heavy atom. The van der Waals surface area contributed by atoms with Crippen molar-refractivity contribution in [2.24, 2.45) is 23.2 Å². The highest BCUT2D eigenvalue weighted by atomic mass is 32.2. The van der Waals surface area contributed by atoms with E-state index in [1.54, 1.807) is 0 Å². The summed E-state index contributed by atoms with van der Waals surface area (Å²) in [5.74, 6) is -3.15. The quantitative estimate of drug-likeness (QED) is 0.418. The SMILES string of the molecule is CC(C)C(NS(=O)(=O)C(F)(F)F)C(=O)N1CC[C@H](C(C)(C)C)C[C@@H]1C(=O)NC(C#N)C[C@@H]1CCNC1=O. The number of alkyl halides is 3. The number of halogens is 3. The zero-order valence-corrected chi connectivity index (χ0v) is 22.5. The van der Waals surface area contributed by atoms with E-state index in [2.05, 4.69) is 10.6 Å². The van der Waals surface area contributed by atoms with Crippen LogP contribution in [0.2, 0.25) is 0 Å². The fourth-order valence-electron chi connectivity index (χ4n) is 4.71. The van der Waals surface area contributed by atoms with E-state index in [1.807, 2.05) is 26.8 Å². The minimum atomic E-state index is -5.82. The summed E-state index contributed by atoms with van der Waals surface area (Å²) in [6, 6.07) is -1.93. The summed E-state index contributed by atoms with van der Waals surface area (Å²) in [4.78, 5) is 39.8. The summed E-state index contributed by atoms with van der Waals surface area (Å²) >= 11 is 0. The number of amides is 3. The molecule has 14 heteroatoms. The van der Waals surface area contributed by atoms with Gasteiger partial charge in [-0.2, -0.15) is 23.2 Å². The van der Waals surface area contributed by atoms with Crippen molar-refractivity contribution in [2.75, 3.05) is 13.1 Å². The van der Waals surface area contributed by atoms with Gasteiger partial charge in [0.2, 0.25) is 17.7 Å². The minimum absolute atomic E-state index is 0.0259. The molecule has 2 rings (SSSR count). The fraction of sp³-hybridized carbons (Fsp3) is 0.826. The van der Waals surface area contributed by atoms with E-state index in [-0.39, 0.29) is 36.6 Å². The van der Waals surface area contributed by atoms with E-state index < -0.39 is 57.3 Å². The van der Waals surface area contributed by atoms with Crippen molar-refractivity contribution in [1.82, 2.24) is 20.3 Å². The molecule has 0 aromatic heterocycles. The van der Waals surface area contributed by atoms with Gasteiger partial charge in [-0.3, -0.25) is 14.4 Å². The Morgan fingerprint density at radius 3 is 2.30 bits per heavy atom. The molecular weight excluding hydrogens is 515 g/mol. The Balaban J connectivity index is 2.32. The lowest BCUT2D eigenvalue weighted by Crippen LogP contribution is -2.61. The van der Waals surface area contributed by atoms with Gasteiger partial charge in [0.05, 0.1) is 6.07 Å². The number of carbonyl (C=O) groups excluding carboxylic acids is 3. The fourth-order valence-corrected chi connectivity index (χ4v) is 5.56. The molecule has 2 aliphatic rings. The predicted molar refractivity (Wildman–Crippen MR) is 128 cm³/mol. The van der Waals surface area contributed by atoms with Gasteiger partial charge in [0.25, 0.3) is 0 Å². The number of likely N-dealkylation sites (tertiary alicyclic amines) is 1. The van der Waals surface area contributed by atoms with Gasteiger partial charge in [-0.05, 0) is 42.9 Å². The van der Waals surface area contributed by atoms with Gasteiger partial charge in [-0.1, -0.05) is 34.6 Å². The molecule has 0 spiro atoms. The first-order chi connectivity index (χ1) is 16.9. The third-order valence-corrected chi connectivity index (χ3v) is 8.26. The molecule has 2 unspecified atom stereocenters. The first kappa shape index (κ1) is 30.8. The van der Waals surface area contributed by atoms with Crippen LogP contribution in [0.25, 0.3) is 0 Å². The maximum atomic E-state index is 13.4. The summed E-state index contributed by atoms with van der Waals surface area (Å²) in [5.41, 5.74) is -5.86. The molecule has 3 N–H and O–H groups in total. The molecule has 37 heavy (non-hydrogen) atoms. The van der Waals surface area contributed by atoms with Gasteiger partial charge in [0, 0.05) is 19.0 Å².